The van der Waals surface area contributed by atoms with Gasteiger partial charge in [-0.25, -0.2) is 4.39 Å². The molecule has 0 radical (unpaired) electrons. The van der Waals surface area contributed by atoms with E-state index in [0.717, 1.165) is 22.8 Å². The van der Waals surface area contributed by atoms with Gasteiger partial charge in [-0.05, 0) is 73.7 Å². The molecule has 3 heterocycles. The van der Waals surface area contributed by atoms with Crippen LogP contribution >= 0.6 is 12.2 Å². The van der Waals surface area contributed by atoms with E-state index in [4.69, 9.17) is 12.2 Å². The van der Waals surface area contributed by atoms with Crippen LogP contribution in [0.3, 0.4) is 0 Å². The molecular formula is C25H21FN4S. The summed E-state index contributed by atoms with van der Waals surface area (Å²) >= 11 is 5.78. The number of nitrogens with one attached hydrogen (secondary N) is 1. The summed E-state index contributed by atoms with van der Waals surface area (Å²) in [5.74, 6) is -0.270. The van der Waals surface area contributed by atoms with Crippen molar-refractivity contribution in [3.63, 3.8) is 0 Å². The Labute approximate surface area is 186 Å². The van der Waals surface area contributed by atoms with Crippen LogP contribution < -0.4 is 10.2 Å². The van der Waals surface area contributed by atoms with Gasteiger partial charge < -0.3 is 14.8 Å². The Morgan fingerprint density at radius 3 is 2.52 bits per heavy atom. The minimum Gasteiger partial charge on any atom is -0.351 e. The molecule has 154 valence electrons. The summed E-state index contributed by atoms with van der Waals surface area (Å²) in [6.45, 7) is 2.06. The van der Waals surface area contributed by atoms with Crippen LogP contribution in [0.5, 0.6) is 0 Å². The average Bonchev–Trinajstić information content (AvgIpc) is 3.39. The van der Waals surface area contributed by atoms with E-state index in [1.54, 1.807) is 12.3 Å². The second-order valence-corrected chi connectivity index (χ2v) is 8.00. The molecule has 2 aromatic carbocycles. The van der Waals surface area contributed by atoms with Crippen LogP contribution in [0, 0.1) is 12.7 Å². The summed E-state index contributed by atoms with van der Waals surface area (Å²) in [6.07, 6.45) is 3.74. The minimum atomic E-state index is -0.270. The topological polar surface area (TPSA) is 33.1 Å². The molecule has 2 atom stereocenters. The SMILES string of the molecule is Cc1ccc(N2C(=S)NC(c3ccccn3)C2c2cccn2-c2cccc(F)c2)cc1. The molecule has 4 nitrogen and oxygen atoms in total. The van der Waals surface area contributed by atoms with Gasteiger partial charge in [0, 0.05) is 29.5 Å². The zero-order chi connectivity index (χ0) is 21.4. The molecule has 4 aromatic rings. The molecule has 1 N–H and O–H groups in total. The lowest BCUT2D eigenvalue weighted by Crippen LogP contribution is -2.30. The number of aryl methyl sites for hydroxylation is 1. The normalized spacial score (nSPS) is 18.3. The van der Waals surface area contributed by atoms with Crippen LogP contribution in [0.25, 0.3) is 5.69 Å². The number of thiocarbonyl (C=S) groups is 1. The Morgan fingerprint density at radius 1 is 0.935 bits per heavy atom. The van der Waals surface area contributed by atoms with E-state index in [-0.39, 0.29) is 17.9 Å². The van der Waals surface area contributed by atoms with Gasteiger partial charge in [-0.1, -0.05) is 29.8 Å². The van der Waals surface area contributed by atoms with Gasteiger partial charge in [0.05, 0.1) is 11.7 Å². The number of hydrogen-bond acceptors (Lipinski definition) is 2. The zero-order valence-electron chi connectivity index (χ0n) is 16.9. The van der Waals surface area contributed by atoms with Crippen molar-refractivity contribution >= 4 is 23.0 Å². The van der Waals surface area contributed by atoms with Crippen molar-refractivity contribution in [1.82, 2.24) is 14.9 Å². The van der Waals surface area contributed by atoms with E-state index in [0.29, 0.717) is 5.11 Å². The number of pyridine rings is 1. The quantitative estimate of drug-likeness (QED) is 0.435. The van der Waals surface area contributed by atoms with Crippen LogP contribution in [-0.4, -0.2) is 14.7 Å². The molecule has 0 amide bonds. The van der Waals surface area contributed by atoms with Crippen molar-refractivity contribution in [3.8, 4) is 5.69 Å². The molecule has 0 saturated carbocycles. The number of hydrogen-bond donors (Lipinski definition) is 1. The fourth-order valence-corrected chi connectivity index (χ4v) is 4.48. The smallest absolute Gasteiger partial charge is 0.174 e. The Kier molecular flexibility index (Phi) is 5.00. The molecule has 1 fully saturated rings. The van der Waals surface area contributed by atoms with E-state index in [1.807, 2.05) is 41.1 Å². The van der Waals surface area contributed by atoms with E-state index in [1.165, 1.54) is 17.7 Å². The molecule has 0 bridgehead atoms. The zero-order valence-corrected chi connectivity index (χ0v) is 17.8. The number of nitrogens with zero attached hydrogens (tertiary/aromatic N) is 3. The van der Waals surface area contributed by atoms with Gasteiger partial charge in [-0.3, -0.25) is 4.98 Å². The molecule has 6 heteroatoms. The maximum Gasteiger partial charge on any atom is 0.174 e. The third kappa shape index (κ3) is 3.59. The molecular weight excluding hydrogens is 407 g/mol. The lowest BCUT2D eigenvalue weighted by atomic mass is 10.0. The third-order valence-corrected chi connectivity index (χ3v) is 5.89. The fraction of sp³-hybridized carbons (Fsp3) is 0.120. The first-order valence-corrected chi connectivity index (χ1v) is 10.5. The Hall–Kier alpha value is -3.51. The first-order valence-electron chi connectivity index (χ1n) is 10.1. The summed E-state index contributed by atoms with van der Waals surface area (Å²) in [6, 6.07) is 24.5. The Balaban J connectivity index is 1.67. The highest BCUT2D eigenvalue weighted by Gasteiger charge is 2.42. The van der Waals surface area contributed by atoms with Gasteiger partial charge in [0.25, 0.3) is 0 Å². The molecule has 2 unspecified atom stereocenters. The molecule has 1 aliphatic heterocycles. The highest BCUT2D eigenvalue weighted by atomic mass is 32.1. The lowest BCUT2D eigenvalue weighted by molar-refractivity contribution is 0.549. The van der Waals surface area contributed by atoms with Crippen LogP contribution in [0.4, 0.5) is 10.1 Å². The van der Waals surface area contributed by atoms with E-state index < -0.39 is 0 Å². The molecule has 31 heavy (non-hydrogen) atoms. The summed E-state index contributed by atoms with van der Waals surface area (Å²) in [5.41, 5.74) is 4.84. The van der Waals surface area contributed by atoms with Gasteiger partial charge in [0.15, 0.2) is 5.11 Å². The van der Waals surface area contributed by atoms with Gasteiger partial charge in [0.2, 0.25) is 0 Å². The van der Waals surface area contributed by atoms with Gasteiger partial charge in [-0.2, -0.15) is 0 Å². The summed E-state index contributed by atoms with van der Waals surface area (Å²) in [5, 5.41) is 4.10. The summed E-state index contributed by atoms with van der Waals surface area (Å²) < 4.78 is 16.0. The molecule has 0 spiro atoms. The summed E-state index contributed by atoms with van der Waals surface area (Å²) in [4.78, 5) is 6.72. The van der Waals surface area contributed by atoms with Crippen molar-refractivity contribution < 1.29 is 4.39 Å². The van der Waals surface area contributed by atoms with Crippen molar-refractivity contribution in [2.45, 2.75) is 19.0 Å². The Morgan fingerprint density at radius 2 is 1.77 bits per heavy atom. The maximum absolute atomic E-state index is 14.0. The molecule has 1 saturated heterocycles. The van der Waals surface area contributed by atoms with E-state index in [2.05, 4.69) is 52.5 Å². The monoisotopic (exact) mass is 428 g/mol. The molecule has 2 aromatic heterocycles. The van der Waals surface area contributed by atoms with Crippen LogP contribution in [0.15, 0.2) is 91.3 Å². The highest BCUT2D eigenvalue weighted by Crippen LogP contribution is 2.42. The van der Waals surface area contributed by atoms with Gasteiger partial charge in [0.1, 0.15) is 11.9 Å². The van der Waals surface area contributed by atoms with E-state index >= 15 is 0 Å². The highest BCUT2D eigenvalue weighted by molar-refractivity contribution is 7.80. The largest absolute Gasteiger partial charge is 0.351 e. The van der Waals surface area contributed by atoms with Crippen molar-refractivity contribution in [2.24, 2.45) is 0 Å². The second-order valence-electron chi connectivity index (χ2n) is 7.62. The molecule has 5 rings (SSSR count). The second kappa shape index (κ2) is 7.96. The first-order chi connectivity index (χ1) is 15.1. The number of aromatic nitrogens is 2. The lowest BCUT2D eigenvalue weighted by Gasteiger charge is -2.29. The average molecular weight is 429 g/mol. The van der Waals surface area contributed by atoms with Crippen LogP contribution in [0.1, 0.15) is 29.0 Å². The third-order valence-electron chi connectivity index (χ3n) is 5.58. The number of anilines is 1. The fourth-order valence-electron chi connectivity index (χ4n) is 4.14. The van der Waals surface area contributed by atoms with Crippen molar-refractivity contribution in [2.75, 3.05) is 4.90 Å². The van der Waals surface area contributed by atoms with Crippen LogP contribution in [-0.2, 0) is 0 Å². The Bertz CT molecular complexity index is 1220. The first kappa shape index (κ1) is 19.5. The number of benzene rings is 2. The summed E-state index contributed by atoms with van der Waals surface area (Å²) in [7, 11) is 0. The van der Waals surface area contributed by atoms with Gasteiger partial charge >= 0.3 is 0 Å². The predicted molar refractivity (Wildman–Crippen MR) is 125 cm³/mol. The predicted octanol–water partition coefficient (Wildman–Crippen LogP) is 5.50. The van der Waals surface area contributed by atoms with Crippen molar-refractivity contribution in [1.29, 1.82) is 0 Å². The maximum atomic E-state index is 14.0. The standard InChI is InChI=1S/C25H21FN4S/c1-17-10-12-19(13-11-17)30-24(23(28-25(30)31)21-8-2-3-14-27-21)22-9-5-15-29(22)20-7-4-6-18(26)16-20/h2-16,23-24H,1H3,(H,28,31). The number of rotatable bonds is 4. The van der Waals surface area contributed by atoms with Crippen LogP contribution in [0.2, 0.25) is 0 Å². The number of halogens is 1. The van der Waals surface area contributed by atoms with Gasteiger partial charge in [-0.15, -0.1) is 0 Å². The molecule has 1 aliphatic rings. The minimum absolute atomic E-state index is 0.155. The van der Waals surface area contributed by atoms with Crippen molar-refractivity contribution in [3.05, 3.63) is 114 Å². The van der Waals surface area contributed by atoms with E-state index in [9.17, 15) is 4.39 Å². The molecule has 0 aliphatic carbocycles.